The molecule has 0 heterocycles. The van der Waals surface area contributed by atoms with Crippen molar-refractivity contribution in [2.75, 3.05) is 13.2 Å². The molecular weight excluding hydrogens is 334 g/mol. The normalized spacial score (nSPS) is 10.2. The molecule has 6 heteroatoms. The van der Waals surface area contributed by atoms with E-state index in [4.69, 9.17) is 14.6 Å². The van der Waals surface area contributed by atoms with E-state index in [2.05, 4.69) is 5.32 Å². The first-order valence-electron chi connectivity index (χ1n) is 8.42. The quantitative estimate of drug-likeness (QED) is 0.639. The Morgan fingerprint density at radius 3 is 2.50 bits per heavy atom. The molecule has 0 bridgehead atoms. The van der Waals surface area contributed by atoms with Crippen LogP contribution in [0.2, 0.25) is 0 Å². The fourth-order valence-electron chi connectivity index (χ4n) is 2.31. The van der Waals surface area contributed by atoms with Crippen LogP contribution in [-0.4, -0.2) is 30.2 Å². The van der Waals surface area contributed by atoms with Gasteiger partial charge in [-0.15, -0.1) is 0 Å². The largest absolute Gasteiger partial charge is 0.494 e. The number of carboxylic acids is 1. The van der Waals surface area contributed by atoms with Crippen molar-refractivity contribution in [3.63, 3.8) is 0 Å². The summed E-state index contributed by atoms with van der Waals surface area (Å²) < 4.78 is 10.7. The van der Waals surface area contributed by atoms with Crippen molar-refractivity contribution >= 4 is 11.9 Å². The molecule has 1 amide bonds. The van der Waals surface area contributed by atoms with E-state index in [0.29, 0.717) is 31.7 Å². The summed E-state index contributed by atoms with van der Waals surface area (Å²) in [5, 5.41) is 11.4. The number of ether oxygens (including phenoxy) is 2. The van der Waals surface area contributed by atoms with Gasteiger partial charge < -0.3 is 19.9 Å². The van der Waals surface area contributed by atoms with Gasteiger partial charge in [0, 0.05) is 13.0 Å². The van der Waals surface area contributed by atoms with E-state index < -0.39 is 12.6 Å². The van der Waals surface area contributed by atoms with E-state index in [1.807, 2.05) is 37.3 Å². The number of hydrogen-bond acceptors (Lipinski definition) is 4. The van der Waals surface area contributed by atoms with Crippen LogP contribution in [0.5, 0.6) is 11.5 Å². The number of rotatable bonds is 10. The van der Waals surface area contributed by atoms with Crippen LogP contribution in [0.15, 0.2) is 48.5 Å². The average Bonchev–Trinajstić information content (AvgIpc) is 2.62. The molecular formula is C20H23NO5. The van der Waals surface area contributed by atoms with Crippen molar-refractivity contribution < 1.29 is 24.2 Å². The molecule has 0 aliphatic heterocycles. The lowest BCUT2D eigenvalue weighted by atomic mass is 10.2. The number of carbonyl (C=O) groups excluding carboxylic acids is 1. The Balaban J connectivity index is 1.66. The first-order chi connectivity index (χ1) is 12.5. The monoisotopic (exact) mass is 357 g/mol. The second kappa shape index (κ2) is 10.1. The maximum atomic E-state index is 11.9. The van der Waals surface area contributed by atoms with Crippen LogP contribution in [0.25, 0.3) is 0 Å². The van der Waals surface area contributed by atoms with Crippen molar-refractivity contribution in [1.29, 1.82) is 0 Å². The van der Waals surface area contributed by atoms with E-state index >= 15 is 0 Å². The van der Waals surface area contributed by atoms with Gasteiger partial charge in [-0.1, -0.05) is 24.3 Å². The molecule has 0 aliphatic rings. The summed E-state index contributed by atoms with van der Waals surface area (Å²) in [6, 6.07) is 14.8. The lowest BCUT2D eigenvalue weighted by molar-refractivity contribution is -0.139. The Hall–Kier alpha value is -3.02. The van der Waals surface area contributed by atoms with Gasteiger partial charge in [-0.25, -0.2) is 4.79 Å². The predicted octanol–water partition coefficient (Wildman–Crippen LogP) is 2.93. The minimum absolute atomic E-state index is 0.0605. The van der Waals surface area contributed by atoms with E-state index in [1.54, 1.807) is 18.2 Å². The molecule has 26 heavy (non-hydrogen) atoms. The summed E-state index contributed by atoms with van der Waals surface area (Å²) in [6.07, 6.45) is 1.00. The third-order valence-corrected chi connectivity index (χ3v) is 3.56. The second-order valence-electron chi connectivity index (χ2n) is 5.88. The maximum Gasteiger partial charge on any atom is 0.341 e. The van der Waals surface area contributed by atoms with Crippen molar-refractivity contribution in [2.45, 2.75) is 26.3 Å². The van der Waals surface area contributed by atoms with Gasteiger partial charge in [0.1, 0.15) is 11.5 Å². The molecule has 2 aromatic carbocycles. The standard InChI is InChI=1S/C20H23NO5/c1-15-5-2-7-17(11-15)25-10-4-9-19(22)21-13-16-6-3-8-18(12-16)26-14-20(23)24/h2-3,5-8,11-12H,4,9-10,13-14H2,1H3,(H,21,22)(H,23,24). The third-order valence-electron chi connectivity index (χ3n) is 3.56. The zero-order valence-electron chi connectivity index (χ0n) is 14.7. The SMILES string of the molecule is Cc1cccc(OCCCC(=O)NCc2cccc(OCC(=O)O)c2)c1. The van der Waals surface area contributed by atoms with Crippen LogP contribution in [0.4, 0.5) is 0 Å². The molecule has 2 rings (SSSR count). The zero-order valence-corrected chi connectivity index (χ0v) is 14.7. The molecule has 0 saturated carbocycles. The van der Waals surface area contributed by atoms with Gasteiger partial charge in [-0.3, -0.25) is 4.79 Å². The van der Waals surface area contributed by atoms with Crippen molar-refractivity contribution in [3.05, 3.63) is 59.7 Å². The minimum Gasteiger partial charge on any atom is -0.494 e. The summed E-state index contributed by atoms with van der Waals surface area (Å²) in [6.45, 7) is 2.45. The summed E-state index contributed by atoms with van der Waals surface area (Å²) in [5.41, 5.74) is 1.98. The van der Waals surface area contributed by atoms with Crippen molar-refractivity contribution in [2.24, 2.45) is 0 Å². The van der Waals surface area contributed by atoms with E-state index in [0.717, 1.165) is 16.9 Å². The van der Waals surface area contributed by atoms with Crippen LogP contribution in [0, 0.1) is 6.92 Å². The molecule has 6 nitrogen and oxygen atoms in total. The summed E-state index contributed by atoms with van der Waals surface area (Å²) in [4.78, 5) is 22.4. The summed E-state index contributed by atoms with van der Waals surface area (Å²) >= 11 is 0. The molecule has 0 aromatic heterocycles. The predicted molar refractivity (Wildman–Crippen MR) is 97.3 cm³/mol. The minimum atomic E-state index is -1.03. The molecule has 0 radical (unpaired) electrons. The number of benzene rings is 2. The topological polar surface area (TPSA) is 84.9 Å². The van der Waals surface area contributed by atoms with Crippen molar-refractivity contribution in [3.8, 4) is 11.5 Å². The van der Waals surface area contributed by atoms with Gasteiger partial charge in [0.15, 0.2) is 6.61 Å². The number of carboxylic acid groups (broad SMARTS) is 1. The molecule has 138 valence electrons. The molecule has 0 saturated heterocycles. The number of nitrogens with one attached hydrogen (secondary N) is 1. The number of amides is 1. The van der Waals surface area contributed by atoms with Crippen LogP contribution in [0.3, 0.4) is 0 Å². The Labute approximate surface area is 152 Å². The first kappa shape index (κ1) is 19.3. The second-order valence-corrected chi connectivity index (χ2v) is 5.88. The Morgan fingerprint density at radius 2 is 1.77 bits per heavy atom. The molecule has 0 unspecified atom stereocenters. The Kier molecular flexibility index (Phi) is 7.49. The highest BCUT2D eigenvalue weighted by atomic mass is 16.5. The third kappa shape index (κ3) is 7.25. The maximum absolute atomic E-state index is 11.9. The number of hydrogen-bond donors (Lipinski definition) is 2. The van der Waals surface area contributed by atoms with E-state index in [-0.39, 0.29) is 5.91 Å². The van der Waals surface area contributed by atoms with Crippen LogP contribution in [0.1, 0.15) is 24.0 Å². The molecule has 0 spiro atoms. The Bertz CT molecular complexity index is 744. The van der Waals surface area contributed by atoms with E-state index in [9.17, 15) is 9.59 Å². The average molecular weight is 357 g/mol. The molecule has 2 aromatic rings. The van der Waals surface area contributed by atoms with Gasteiger partial charge in [-0.05, 0) is 48.7 Å². The molecule has 2 N–H and O–H groups in total. The van der Waals surface area contributed by atoms with Crippen LogP contribution in [-0.2, 0) is 16.1 Å². The first-order valence-corrected chi connectivity index (χ1v) is 8.42. The highest BCUT2D eigenvalue weighted by Crippen LogP contribution is 2.14. The lowest BCUT2D eigenvalue weighted by Gasteiger charge is -2.09. The van der Waals surface area contributed by atoms with Gasteiger partial charge >= 0.3 is 5.97 Å². The van der Waals surface area contributed by atoms with Gasteiger partial charge in [0.05, 0.1) is 6.61 Å². The van der Waals surface area contributed by atoms with Crippen LogP contribution >= 0.6 is 0 Å². The van der Waals surface area contributed by atoms with Gasteiger partial charge in [0.25, 0.3) is 0 Å². The number of carbonyl (C=O) groups is 2. The fourth-order valence-corrected chi connectivity index (χ4v) is 2.31. The molecule has 0 aliphatic carbocycles. The molecule has 0 atom stereocenters. The lowest BCUT2D eigenvalue weighted by Crippen LogP contribution is -2.23. The number of aliphatic carboxylic acids is 1. The molecule has 0 fully saturated rings. The highest BCUT2D eigenvalue weighted by Gasteiger charge is 2.04. The number of aryl methyl sites for hydroxylation is 1. The summed E-state index contributed by atoms with van der Waals surface area (Å²) in [7, 11) is 0. The van der Waals surface area contributed by atoms with Crippen LogP contribution < -0.4 is 14.8 Å². The fraction of sp³-hybridized carbons (Fsp3) is 0.300. The van der Waals surface area contributed by atoms with E-state index in [1.165, 1.54) is 0 Å². The highest BCUT2D eigenvalue weighted by molar-refractivity contribution is 5.75. The Morgan fingerprint density at radius 1 is 1.04 bits per heavy atom. The zero-order chi connectivity index (χ0) is 18.8. The van der Waals surface area contributed by atoms with Gasteiger partial charge in [-0.2, -0.15) is 0 Å². The van der Waals surface area contributed by atoms with Crippen molar-refractivity contribution in [1.82, 2.24) is 5.32 Å². The summed E-state index contributed by atoms with van der Waals surface area (Å²) in [5.74, 6) is 0.181. The van der Waals surface area contributed by atoms with Gasteiger partial charge in [0.2, 0.25) is 5.91 Å². The smallest absolute Gasteiger partial charge is 0.341 e.